The molecule has 0 unspecified atom stereocenters. The summed E-state index contributed by atoms with van der Waals surface area (Å²) in [6.45, 7) is -0.922. The Morgan fingerprint density at radius 3 is 2.29 bits per heavy atom. The van der Waals surface area contributed by atoms with Gasteiger partial charge in [-0.2, -0.15) is 22.3 Å². The molecule has 0 spiro atoms. The molecule has 0 radical (unpaired) electrons. The number of aryl methyl sites for hydroxylation is 1. The van der Waals surface area contributed by atoms with Crippen LogP contribution in [0.2, 0.25) is 0 Å². The molecule has 3 aromatic carbocycles. The van der Waals surface area contributed by atoms with Crippen LogP contribution in [0.15, 0.2) is 87.3 Å². The first-order valence-corrected chi connectivity index (χ1v) is 10.6. The smallest absolute Gasteiger partial charge is 0.387 e. The van der Waals surface area contributed by atoms with Crippen molar-refractivity contribution in [3.63, 3.8) is 0 Å². The number of ether oxygens (including phenoxy) is 1. The Labute approximate surface area is 179 Å². The van der Waals surface area contributed by atoms with E-state index in [1.54, 1.807) is 48.5 Å². The zero-order chi connectivity index (χ0) is 22.3. The van der Waals surface area contributed by atoms with Gasteiger partial charge in [0, 0.05) is 11.1 Å². The van der Waals surface area contributed by atoms with Gasteiger partial charge in [0.1, 0.15) is 5.75 Å². The van der Waals surface area contributed by atoms with Crippen molar-refractivity contribution in [2.45, 2.75) is 25.0 Å². The fraction of sp³-hybridized carbons (Fsp3) is 0.130. The highest BCUT2D eigenvalue weighted by atomic mass is 32.2. The molecule has 0 amide bonds. The maximum atomic E-state index is 12.2. The summed E-state index contributed by atoms with van der Waals surface area (Å²) in [5, 5.41) is 3.82. The second-order valence-electron chi connectivity index (χ2n) is 6.52. The number of alkyl halides is 2. The first-order chi connectivity index (χ1) is 14.8. The van der Waals surface area contributed by atoms with Crippen LogP contribution >= 0.6 is 0 Å². The number of rotatable bonds is 6. The lowest BCUT2D eigenvalue weighted by Crippen LogP contribution is -2.01. The zero-order valence-electron chi connectivity index (χ0n) is 16.5. The molecule has 0 heterocycles. The number of hydrogen-bond acceptors (Lipinski definition) is 4. The lowest BCUT2D eigenvalue weighted by molar-refractivity contribution is -0.0498. The quantitative estimate of drug-likeness (QED) is 0.384. The van der Waals surface area contributed by atoms with Crippen molar-refractivity contribution >= 4 is 10.0 Å². The lowest BCUT2D eigenvalue weighted by Gasteiger charge is -2.03. The topological polar surface area (TPSA) is 68.1 Å². The molecule has 0 atom stereocenters. The standard InChI is InChI=1S/C23H18F2N2O3S/c1-17-5-13-22(14-6-17)31(28,29)27-26-16-20-4-2-3-19(15-20)8-7-18-9-11-21(12-10-18)30-23(24)25/h2-6,9-15,23H,16H2,1H3. The third kappa shape index (κ3) is 6.73. The monoisotopic (exact) mass is 440 g/mol. The van der Waals surface area contributed by atoms with Gasteiger partial charge in [0.25, 0.3) is 10.0 Å². The van der Waals surface area contributed by atoms with E-state index in [0.717, 1.165) is 11.1 Å². The van der Waals surface area contributed by atoms with Gasteiger partial charge < -0.3 is 4.74 Å². The molecule has 0 aromatic heterocycles. The highest BCUT2D eigenvalue weighted by Gasteiger charge is 2.12. The molecular formula is C23H18F2N2O3S. The van der Waals surface area contributed by atoms with Gasteiger partial charge in [-0.05, 0) is 61.0 Å². The molecule has 158 valence electrons. The highest BCUT2D eigenvalue weighted by molar-refractivity contribution is 7.90. The highest BCUT2D eigenvalue weighted by Crippen LogP contribution is 2.16. The number of nitrogens with zero attached hydrogens (tertiary/aromatic N) is 2. The predicted molar refractivity (Wildman–Crippen MR) is 112 cm³/mol. The van der Waals surface area contributed by atoms with Gasteiger partial charge in [0.15, 0.2) is 0 Å². The summed E-state index contributed by atoms with van der Waals surface area (Å²) >= 11 is 0. The van der Waals surface area contributed by atoms with Crippen molar-refractivity contribution in [1.29, 1.82) is 0 Å². The molecule has 0 fully saturated rings. The summed E-state index contributed by atoms with van der Waals surface area (Å²) in [5.41, 5.74) is 3.03. The molecule has 0 saturated carbocycles. The Kier molecular flexibility index (Phi) is 7.11. The van der Waals surface area contributed by atoms with Crippen LogP contribution in [0.5, 0.6) is 5.75 Å². The summed E-state index contributed by atoms with van der Waals surface area (Å²) < 4.78 is 56.6. The molecule has 5 nitrogen and oxygen atoms in total. The Balaban J connectivity index is 1.66. The van der Waals surface area contributed by atoms with E-state index in [0.29, 0.717) is 11.1 Å². The predicted octanol–water partition coefficient (Wildman–Crippen LogP) is 5.34. The molecule has 3 rings (SSSR count). The summed E-state index contributed by atoms with van der Waals surface area (Å²) in [7, 11) is -3.84. The molecule has 8 heteroatoms. The number of halogens is 2. The maximum absolute atomic E-state index is 12.2. The number of sulfonamides is 1. The first kappa shape index (κ1) is 22.1. The summed E-state index contributed by atoms with van der Waals surface area (Å²) in [4.78, 5) is 0.0893. The summed E-state index contributed by atoms with van der Waals surface area (Å²) in [6.07, 6.45) is 0. The van der Waals surface area contributed by atoms with Gasteiger partial charge >= 0.3 is 6.61 Å². The maximum Gasteiger partial charge on any atom is 0.387 e. The van der Waals surface area contributed by atoms with Crippen molar-refractivity contribution in [3.05, 3.63) is 95.1 Å². The molecule has 0 aliphatic carbocycles. The summed E-state index contributed by atoms with van der Waals surface area (Å²) in [5.74, 6) is 5.97. The van der Waals surface area contributed by atoms with Crippen molar-refractivity contribution in [2.24, 2.45) is 9.63 Å². The molecule has 0 saturated heterocycles. The van der Waals surface area contributed by atoms with Gasteiger partial charge in [-0.1, -0.05) is 46.2 Å². The molecule has 3 aromatic rings. The van der Waals surface area contributed by atoms with Crippen LogP contribution in [0.4, 0.5) is 8.78 Å². The van der Waals surface area contributed by atoms with Gasteiger partial charge in [-0.3, -0.25) is 0 Å². The SMILES string of the molecule is Cc1ccc(S(=O)(=O)N=NCc2cccc(C#Cc3ccc(OC(F)F)cc3)c2)cc1. The minimum absolute atomic E-state index is 0.0634. The van der Waals surface area contributed by atoms with E-state index in [2.05, 4.69) is 26.2 Å². The van der Waals surface area contributed by atoms with Crippen LogP contribution in [0.1, 0.15) is 22.3 Å². The third-order valence-electron chi connectivity index (χ3n) is 4.09. The van der Waals surface area contributed by atoms with Crippen LogP contribution in [0.25, 0.3) is 0 Å². The largest absolute Gasteiger partial charge is 0.435 e. The van der Waals surface area contributed by atoms with Crippen molar-refractivity contribution < 1.29 is 21.9 Å². The van der Waals surface area contributed by atoms with Crippen molar-refractivity contribution in [2.75, 3.05) is 0 Å². The van der Waals surface area contributed by atoms with E-state index >= 15 is 0 Å². The molecule has 0 N–H and O–H groups in total. The van der Waals surface area contributed by atoms with E-state index in [-0.39, 0.29) is 17.2 Å². The number of hydrogen-bond donors (Lipinski definition) is 0. The number of benzene rings is 3. The van der Waals surface area contributed by atoms with E-state index < -0.39 is 16.6 Å². The van der Waals surface area contributed by atoms with Crippen LogP contribution < -0.4 is 4.74 Å². The fourth-order valence-corrected chi connectivity index (χ4v) is 3.34. The van der Waals surface area contributed by atoms with Crippen LogP contribution in [0, 0.1) is 18.8 Å². The van der Waals surface area contributed by atoms with Gasteiger partial charge in [0.2, 0.25) is 0 Å². The molecule has 0 bridgehead atoms. The second-order valence-corrected chi connectivity index (χ2v) is 8.11. The second kappa shape index (κ2) is 9.96. The molecule has 0 aliphatic rings. The third-order valence-corrected chi connectivity index (χ3v) is 5.29. The Morgan fingerprint density at radius 1 is 0.935 bits per heavy atom. The van der Waals surface area contributed by atoms with E-state index in [4.69, 9.17) is 0 Å². The van der Waals surface area contributed by atoms with E-state index in [1.165, 1.54) is 24.3 Å². The minimum Gasteiger partial charge on any atom is -0.435 e. The Morgan fingerprint density at radius 2 is 1.61 bits per heavy atom. The van der Waals surface area contributed by atoms with Crippen molar-refractivity contribution in [1.82, 2.24) is 0 Å². The van der Waals surface area contributed by atoms with Gasteiger partial charge in [-0.15, -0.1) is 0 Å². The summed E-state index contributed by atoms with van der Waals surface area (Å²) in [6, 6.07) is 19.5. The molecule has 31 heavy (non-hydrogen) atoms. The van der Waals surface area contributed by atoms with E-state index in [9.17, 15) is 17.2 Å². The normalized spacial score (nSPS) is 11.4. The lowest BCUT2D eigenvalue weighted by atomic mass is 10.1. The Bertz CT molecular complexity index is 1230. The van der Waals surface area contributed by atoms with E-state index in [1.807, 2.05) is 6.92 Å². The Hall–Kier alpha value is -3.57. The van der Waals surface area contributed by atoms with Crippen molar-refractivity contribution in [3.8, 4) is 17.6 Å². The van der Waals surface area contributed by atoms with Crippen LogP contribution in [-0.4, -0.2) is 15.0 Å². The van der Waals surface area contributed by atoms with Gasteiger partial charge in [-0.25, -0.2) is 0 Å². The average molecular weight is 440 g/mol. The van der Waals surface area contributed by atoms with Crippen LogP contribution in [-0.2, 0) is 16.6 Å². The molecule has 0 aliphatic heterocycles. The first-order valence-electron chi connectivity index (χ1n) is 9.18. The van der Waals surface area contributed by atoms with Gasteiger partial charge in [0.05, 0.1) is 11.4 Å². The fourth-order valence-electron chi connectivity index (χ4n) is 2.56. The average Bonchev–Trinajstić information content (AvgIpc) is 2.73. The minimum atomic E-state index is -3.84. The molecular weight excluding hydrogens is 422 g/mol. The zero-order valence-corrected chi connectivity index (χ0v) is 17.3. The van der Waals surface area contributed by atoms with Crippen LogP contribution in [0.3, 0.4) is 0 Å².